The first-order valence-corrected chi connectivity index (χ1v) is 4.40. The minimum atomic E-state index is -1.61. The molecule has 0 saturated heterocycles. The third kappa shape index (κ3) is 3.31. The van der Waals surface area contributed by atoms with Gasteiger partial charge in [0.05, 0.1) is 18.4 Å². The summed E-state index contributed by atoms with van der Waals surface area (Å²) < 4.78 is 5.26. The second-order valence-electron chi connectivity index (χ2n) is 3.36. The van der Waals surface area contributed by atoms with Gasteiger partial charge in [0.2, 0.25) is 5.88 Å². The zero-order valence-electron chi connectivity index (χ0n) is 8.21. The van der Waals surface area contributed by atoms with Gasteiger partial charge >= 0.3 is 7.12 Å². The van der Waals surface area contributed by atoms with E-state index in [4.69, 9.17) is 14.8 Å². The molecule has 6 heteroatoms. The summed E-state index contributed by atoms with van der Waals surface area (Å²) in [7, 11) is -1.61. The summed E-state index contributed by atoms with van der Waals surface area (Å²) >= 11 is 0. The summed E-state index contributed by atoms with van der Waals surface area (Å²) in [5.41, 5.74) is 0.0891. The summed E-state index contributed by atoms with van der Waals surface area (Å²) in [6.45, 7) is 4.55. The Morgan fingerprint density at radius 3 is 2.71 bits per heavy atom. The van der Waals surface area contributed by atoms with Gasteiger partial charge in [0, 0.05) is 6.20 Å². The molecule has 0 aliphatic heterocycles. The Morgan fingerprint density at radius 2 is 2.14 bits per heavy atom. The highest BCUT2D eigenvalue weighted by Gasteiger charge is 2.14. The topological polar surface area (TPSA) is 75.5 Å². The molecule has 0 amide bonds. The average molecular weight is 196 g/mol. The molecule has 0 unspecified atom stereocenters. The third-order valence-electron chi connectivity index (χ3n) is 1.46. The van der Waals surface area contributed by atoms with Gasteiger partial charge in [-0.3, -0.25) is 4.98 Å². The van der Waals surface area contributed by atoms with E-state index in [1.165, 1.54) is 12.4 Å². The minimum absolute atomic E-state index is 0.0891. The van der Waals surface area contributed by atoms with E-state index in [9.17, 15) is 0 Å². The maximum Gasteiger partial charge on any atom is 0.509 e. The van der Waals surface area contributed by atoms with E-state index < -0.39 is 7.12 Å². The fraction of sp³-hybridized carbons (Fsp3) is 0.500. The summed E-state index contributed by atoms with van der Waals surface area (Å²) in [6.07, 6.45) is 2.72. The van der Waals surface area contributed by atoms with Crippen LogP contribution in [-0.2, 0) is 0 Å². The van der Waals surface area contributed by atoms with Crippen molar-refractivity contribution in [2.24, 2.45) is 5.92 Å². The lowest BCUT2D eigenvalue weighted by Gasteiger charge is -2.07. The first-order valence-electron chi connectivity index (χ1n) is 4.40. The fourth-order valence-electron chi connectivity index (χ4n) is 0.808. The van der Waals surface area contributed by atoms with Gasteiger partial charge in [0.15, 0.2) is 0 Å². The van der Waals surface area contributed by atoms with Gasteiger partial charge in [-0.05, 0) is 5.92 Å². The van der Waals surface area contributed by atoms with Gasteiger partial charge < -0.3 is 14.8 Å². The molecule has 76 valence electrons. The van der Waals surface area contributed by atoms with Crippen molar-refractivity contribution in [3.63, 3.8) is 0 Å². The molecule has 0 radical (unpaired) electrons. The normalized spacial score (nSPS) is 10.4. The number of ether oxygens (including phenoxy) is 1. The number of hydrogen-bond donors (Lipinski definition) is 2. The zero-order valence-corrected chi connectivity index (χ0v) is 8.21. The zero-order chi connectivity index (χ0) is 10.6. The van der Waals surface area contributed by atoms with Crippen molar-refractivity contribution in [1.82, 2.24) is 9.97 Å². The molecule has 1 rings (SSSR count). The molecule has 0 aliphatic rings. The highest BCUT2D eigenvalue weighted by Crippen LogP contribution is 2.02. The Balaban J connectivity index is 2.64. The molecule has 0 atom stereocenters. The number of nitrogens with zero attached hydrogens (tertiary/aromatic N) is 2. The molecule has 1 aromatic heterocycles. The van der Waals surface area contributed by atoms with Crippen molar-refractivity contribution in [2.45, 2.75) is 13.8 Å². The molecule has 0 aromatic carbocycles. The Labute approximate surface area is 82.9 Å². The third-order valence-corrected chi connectivity index (χ3v) is 1.46. The van der Waals surface area contributed by atoms with Crippen LogP contribution in [0.1, 0.15) is 13.8 Å². The van der Waals surface area contributed by atoms with Crippen molar-refractivity contribution < 1.29 is 14.8 Å². The van der Waals surface area contributed by atoms with Crippen LogP contribution in [0.2, 0.25) is 0 Å². The second-order valence-corrected chi connectivity index (χ2v) is 3.36. The van der Waals surface area contributed by atoms with E-state index in [1.807, 2.05) is 13.8 Å². The van der Waals surface area contributed by atoms with Crippen LogP contribution in [0.4, 0.5) is 0 Å². The Hall–Kier alpha value is -1.14. The summed E-state index contributed by atoms with van der Waals surface area (Å²) in [5, 5.41) is 17.6. The molecule has 0 fully saturated rings. The molecule has 0 aliphatic carbocycles. The molecular formula is C8H13BN2O3. The lowest BCUT2D eigenvalue weighted by Crippen LogP contribution is -2.33. The minimum Gasteiger partial charge on any atom is -0.476 e. The number of aromatic nitrogens is 2. The highest BCUT2D eigenvalue weighted by atomic mass is 16.5. The standard InChI is InChI=1S/C8H13BN2O3/c1-6(2)5-14-8-4-10-3-7(11-8)9(12)13/h3-4,6,12-13H,5H2,1-2H3. The molecule has 0 saturated carbocycles. The summed E-state index contributed by atoms with van der Waals surface area (Å²) in [4.78, 5) is 7.64. The predicted molar refractivity (Wildman–Crippen MR) is 52.2 cm³/mol. The van der Waals surface area contributed by atoms with Crippen LogP contribution < -0.4 is 10.3 Å². The monoisotopic (exact) mass is 196 g/mol. The van der Waals surface area contributed by atoms with Crippen molar-refractivity contribution in [3.05, 3.63) is 12.4 Å². The Morgan fingerprint density at radius 1 is 1.43 bits per heavy atom. The van der Waals surface area contributed by atoms with Crippen molar-refractivity contribution >= 4 is 12.7 Å². The summed E-state index contributed by atoms with van der Waals surface area (Å²) in [5.74, 6) is 0.698. The van der Waals surface area contributed by atoms with Crippen LogP contribution in [0.15, 0.2) is 12.4 Å². The average Bonchev–Trinajstić information content (AvgIpc) is 2.15. The number of hydrogen-bond acceptors (Lipinski definition) is 5. The van der Waals surface area contributed by atoms with Gasteiger partial charge in [-0.2, -0.15) is 0 Å². The first kappa shape index (κ1) is 10.9. The van der Waals surface area contributed by atoms with Crippen LogP contribution >= 0.6 is 0 Å². The molecule has 1 aromatic rings. The van der Waals surface area contributed by atoms with Crippen LogP contribution in [0, 0.1) is 5.92 Å². The molecule has 1 heterocycles. The molecule has 14 heavy (non-hydrogen) atoms. The van der Waals surface area contributed by atoms with Crippen LogP contribution in [-0.4, -0.2) is 33.7 Å². The second kappa shape index (κ2) is 4.92. The van der Waals surface area contributed by atoms with Crippen molar-refractivity contribution in [1.29, 1.82) is 0 Å². The molecule has 5 nitrogen and oxygen atoms in total. The van der Waals surface area contributed by atoms with Crippen LogP contribution in [0.5, 0.6) is 5.88 Å². The van der Waals surface area contributed by atoms with Crippen molar-refractivity contribution in [3.8, 4) is 5.88 Å². The highest BCUT2D eigenvalue weighted by molar-refractivity contribution is 6.57. The lowest BCUT2D eigenvalue weighted by atomic mass is 9.87. The molecule has 2 N–H and O–H groups in total. The maximum absolute atomic E-state index is 8.82. The van der Waals surface area contributed by atoms with Gasteiger partial charge in [0.1, 0.15) is 0 Å². The van der Waals surface area contributed by atoms with E-state index >= 15 is 0 Å². The van der Waals surface area contributed by atoms with Gasteiger partial charge in [-0.15, -0.1) is 0 Å². The van der Waals surface area contributed by atoms with E-state index in [-0.39, 0.29) is 5.59 Å². The number of rotatable bonds is 4. The van der Waals surface area contributed by atoms with Crippen molar-refractivity contribution in [2.75, 3.05) is 6.61 Å². The quantitative estimate of drug-likeness (QED) is 0.616. The largest absolute Gasteiger partial charge is 0.509 e. The van der Waals surface area contributed by atoms with Crippen LogP contribution in [0.3, 0.4) is 0 Å². The lowest BCUT2D eigenvalue weighted by molar-refractivity contribution is 0.260. The van der Waals surface area contributed by atoms with Gasteiger partial charge in [-0.1, -0.05) is 13.8 Å². The summed E-state index contributed by atoms with van der Waals surface area (Å²) in [6, 6.07) is 0. The molecule has 0 bridgehead atoms. The van der Waals surface area contributed by atoms with E-state index in [0.29, 0.717) is 18.4 Å². The molecular weight excluding hydrogens is 183 g/mol. The maximum atomic E-state index is 8.82. The smallest absolute Gasteiger partial charge is 0.476 e. The van der Waals surface area contributed by atoms with E-state index in [1.54, 1.807) is 0 Å². The SMILES string of the molecule is CC(C)COc1cncc(B(O)O)n1. The van der Waals surface area contributed by atoms with E-state index in [0.717, 1.165) is 0 Å². The Kier molecular flexibility index (Phi) is 3.85. The van der Waals surface area contributed by atoms with E-state index in [2.05, 4.69) is 9.97 Å². The fourth-order valence-corrected chi connectivity index (χ4v) is 0.808. The van der Waals surface area contributed by atoms with Gasteiger partial charge in [-0.25, -0.2) is 4.98 Å². The molecule has 0 spiro atoms. The van der Waals surface area contributed by atoms with Gasteiger partial charge in [0.25, 0.3) is 0 Å². The Bertz CT molecular complexity index is 294. The van der Waals surface area contributed by atoms with Crippen LogP contribution in [0.25, 0.3) is 0 Å². The first-order chi connectivity index (χ1) is 6.59. The predicted octanol–water partition coefficient (Wildman–Crippen LogP) is -0.809.